The summed E-state index contributed by atoms with van der Waals surface area (Å²) in [5, 5.41) is 13.0. The normalized spacial score (nSPS) is 25.5. The molecule has 0 saturated heterocycles. The predicted octanol–water partition coefficient (Wildman–Crippen LogP) is 1.63. The second-order valence-electron chi connectivity index (χ2n) is 6.58. The van der Waals surface area contributed by atoms with E-state index in [2.05, 4.69) is 15.3 Å². The first kappa shape index (κ1) is 15.2. The highest BCUT2D eigenvalue weighted by atomic mass is 16.3. The van der Waals surface area contributed by atoms with Gasteiger partial charge in [0, 0.05) is 12.2 Å². The van der Waals surface area contributed by atoms with Crippen molar-refractivity contribution >= 4 is 11.9 Å². The van der Waals surface area contributed by atoms with Gasteiger partial charge in [-0.2, -0.15) is 0 Å². The lowest BCUT2D eigenvalue weighted by atomic mass is 9.81. The van der Waals surface area contributed by atoms with E-state index >= 15 is 0 Å². The second kappa shape index (κ2) is 6.60. The van der Waals surface area contributed by atoms with Crippen molar-refractivity contribution in [1.29, 1.82) is 0 Å². The molecule has 0 radical (unpaired) electrons. The van der Waals surface area contributed by atoms with Crippen molar-refractivity contribution < 1.29 is 9.90 Å². The first-order valence-corrected chi connectivity index (χ1v) is 8.22. The third-order valence-electron chi connectivity index (χ3n) is 4.82. The molecule has 2 saturated carbocycles. The number of aliphatic hydroxyl groups excluding tert-OH is 1. The molecule has 0 aliphatic heterocycles. The number of rotatable bonds is 5. The van der Waals surface area contributed by atoms with Crippen LogP contribution >= 0.6 is 0 Å². The summed E-state index contributed by atoms with van der Waals surface area (Å²) < 4.78 is 0. The number of primary amides is 1. The maximum absolute atomic E-state index is 11.5. The molecule has 120 valence electrons. The third kappa shape index (κ3) is 3.55. The molecule has 1 aromatic heterocycles. The fourth-order valence-electron chi connectivity index (χ4n) is 3.30. The SMILES string of the molecule is NC(=O)c1cnc(N[C@@H]2CCC[C@H](O)C2)nc1CC1CCC1. The van der Waals surface area contributed by atoms with Crippen LogP contribution in [0.25, 0.3) is 0 Å². The molecule has 0 bridgehead atoms. The molecule has 1 heterocycles. The number of carbonyl (C=O) groups excluding carboxylic acids is 1. The summed E-state index contributed by atoms with van der Waals surface area (Å²) in [6.07, 6.45) is 9.33. The Kier molecular flexibility index (Phi) is 4.57. The monoisotopic (exact) mass is 304 g/mol. The quantitative estimate of drug-likeness (QED) is 0.767. The lowest BCUT2D eigenvalue weighted by molar-refractivity contribution is 0.0998. The third-order valence-corrected chi connectivity index (χ3v) is 4.82. The first-order chi connectivity index (χ1) is 10.6. The number of nitrogens with two attached hydrogens (primary N) is 1. The van der Waals surface area contributed by atoms with Crippen LogP contribution in [0, 0.1) is 5.92 Å². The average molecular weight is 304 g/mol. The summed E-state index contributed by atoms with van der Waals surface area (Å²) in [5.41, 5.74) is 6.62. The van der Waals surface area contributed by atoms with Gasteiger partial charge in [-0.3, -0.25) is 4.79 Å². The minimum Gasteiger partial charge on any atom is -0.393 e. The Bertz CT molecular complexity index is 545. The van der Waals surface area contributed by atoms with Gasteiger partial charge in [-0.05, 0) is 38.0 Å². The van der Waals surface area contributed by atoms with Gasteiger partial charge in [0.2, 0.25) is 5.95 Å². The predicted molar refractivity (Wildman–Crippen MR) is 83.5 cm³/mol. The summed E-state index contributed by atoms with van der Waals surface area (Å²) in [6, 6.07) is 0.194. The molecule has 0 unspecified atom stereocenters. The van der Waals surface area contributed by atoms with Gasteiger partial charge in [-0.15, -0.1) is 0 Å². The minimum absolute atomic E-state index is 0.194. The van der Waals surface area contributed by atoms with Gasteiger partial charge in [-0.1, -0.05) is 19.3 Å². The van der Waals surface area contributed by atoms with Gasteiger partial charge in [0.25, 0.3) is 5.91 Å². The number of nitrogens with zero attached hydrogens (tertiary/aromatic N) is 2. The molecule has 1 amide bonds. The summed E-state index contributed by atoms with van der Waals surface area (Å²) in [7, 11) is 0. The lowest BCUT2D eigenvalue weighted by Gasteiger charge is -2.27. The zero-order chi connectivity index (χ0) is 15.5. The van der Waals surface area contributed by atoms with Crippen molar-refractivity contribution in [2.24, 2.45) is 11.7 Å². The van der Waals surface area contributed by atoms with E-state index in [1.54, 1.807) is 0 Å². The van der Waals surface area contributed by atoms with Crippen molar-refractivity contribution in [3.63, 3.8) is 0 Å². The molecule has 3 rings (SSSR count). The minimum atomic E-state index is -0.464. The van der Waals surface area contributed by atoms with Crippen molar-refractivity contribution in [2.75, 3.05) is 5.32 Å². The number of amides is 1. The van der Waals surface area contributed by atoms with Gasteiger partial charge in [0.1, 0.15) is 0 Å². The fourth-order valence-corrected chi connectivity index (χ4v) is 3.30. The van der Waals surface area contributed by atoms with Crippen molar-refractivity contribution in [2.45, 2.75) is 63.5 Å². The van der Waals surface area contributed by atoms with E-state index in [1.165, 1.54) is 25.5 Å². The van der Waals surface area contributed by atoms with Crippen LogP contribution < -0.4 is 11.1 Å². The van der Waals surface area contributed by atoms with Crippen molar-refractivity contribution in [3.05, 3.63) is 17.5 Å². The number of hydrogen-bond donors (Lipinski definition) is 3. The van der Waals surface area contributed by atoms with Crippen LogP contribution in [0.3, 0.4) is 0 Å². The molecule has 0 spiro atoms. The summed E-state index contributed by atoms with van der Waals surface area (Å²) in [5.74, 6) is 0.685. The molecule has 2 aliphatic rings. The molecule has 2 fully saturated rings. The van der Waals surface area contributed by atoms with E-state index in [-0.39, 0.29) is 12.1 Å². The molecule has 1 aromatic rings. The Balaban J connectivity index is 1.73. The number of hydrogen-bond acceptors (Lipinski definition) is 5. The van der Waals surface area contributed by atoms with E-state index in [0.29, 0.717) is 17.4 Å². The van der Waals surface area contributed by atoms with E-state index in [0.717, 1.165) is 37.8 Å². The van der Waals surface area contributed by atoms with Crippen LogP contribution in [0.2, 0.25) is 0 Å². The molecule has 2 aliphatic carbocycles. The largest absolute Gasteiger partial charge is 0.393 e. The Labute approximate surface area is 130 Å². The molecule has 6 nitrogen and oxygen atoms in total. The van der Waals surface area contributed by atoms with Gasteiger partial charge in [0.05, 0.1) is 17.4 Å². The smallest absolute Gasteiger partial charge is 0.252 e. The van der Waals surface area contributed by atoms with Crippen LogP contribution in [0.1, 0.15) is 61.0 Å². The molecule has 4 N–H and O–H groups in total. The van der Waals surface area contributed by atoms with Crippen LogP contribution in [0.4, 0.5) is 5.95 Å². The lowest BCUT2D eigenvalue weighted by Crippen LogP contribution is -2.31. The van der Waals surface area contributed by atoms with Gasteiger partial charge in [-0.25, -0.2) is 9.97 Å². The van der Waals surface area contributed by atoms with Crippen LogP contribution in [0.5, 0.6) is 0 Å². The molecule has 22 heavy (non-hydrogen) atoms. The van der Waals surface area contributed by atoms with E-state index in [4.69, 9.17) is 5.73 Å². The molecular formula is C16H24N4O2. The van der Waals surface area contributed by atoms with E-state index in [1.807, 2.05) is 0 Å². The summed E-state index contributed by atoms with van der Waals surface area (Å²) >= 11 is 0. The second-order valence-corrected chi connectivity index (χ2v) is 6.58. The van der Waals surface area contributed by atoms with E-state index in [9.17, 15) is 9.90 Å². The maximum atomic E-state index is 11.5. The number of aliphatic hydroxyl groups is 1. The molecular weight excluding hydrogens is 280 g/mol. The summed E-state index contributed by atoms with van der Waals surface area (Å²) in [6.45, 7) is 0. The highest BCUT2D eigenvalue weighted by molar-refractivity contribution is 5.93. The van der Waals surface area contributed by atoms with Gasteiger partial charge >= 0.3 is 0 Å². The average Bonchev–Trinajstić information content (AvgIpc) is 2.43. The number of nitrogens with one attached hydrogen (secondary N) is 1. The van der Waals surface area contributed by atoms with Gasteiger partial charge in [0.15, 0.2) is 0 Å². The fraction of sp³-hybridized carbons (Fsp3) is 0.688. The standard InChI is InChI=1S/C16H24N4O2/c17-15(22)13-9-18-16(19-11-5-2-6-12(21)8-11)20-14(13)7-10-3-1-4-10/h9-12,21H,1-8H2,(H2,17,22)(H,18,19,20)/t11-,12+/m1/s1. The molecule has 0 aromatic carbocycles. The Morgan fingerprint density at radius 3 is 2.73 bits per heavy atom. The Hall–Kier alpha value is -1.69. The Morgan fingerprint density at radius 1 is 1.32 bits per heavy atom. The number of aromatic nitrogens is 2. The number of anilines is 1. The van der Waals surface area contributed by atoms with Crippen molar-refractivity contribution in [3.8, 4) is 0 Å². The molecule has 6 heteroatoms. The zero-order valence-corrected chi connectivity index (χ0v) is 12.8. The van der Waals surface area contributed by atoms with E-state index < -0.39 is 5.91 Å². The molecule has 2 atom stereocenters. The number of carbonyl (C=O) groups is 1. The maximum Gasteiger partial charge on any atom is 0.252 e. The highest BCUT2D eigenvalue weighted by Gasteiger charge is 2.24. The summed E-state index contributed by atoms with van der Waals surface area (Å²) in [4.78, 5) is 20.3. The van der Waals surface area contributed by atoms with Crippen LogP contribution in [-0.2, 0) is 6.42 Å². The zero-order valence-electron chi connectivity index (χ0n) is 12.8. The highest BCUT2D eigenvalue weighted by Crippen LogP contribution is 2.30. The Morgan fingerprint density at radius 2 is 2.09 bits per heavy atom. The van der Waals surface area contributed by atoms with Crippen LogP contribution in [0.15, 0.2) is 6.20 Å². The first-order valence-electron chi connectivity index (χ1n) is 8.22. The van der Waals surface area contributed by atoms with Gasteiger partial charge < -0.3 is 16.2 Å². The van der Waals surface area contributed by atoms with Crippen LogP contribution in [-0.4, -0.2) is 33.1 Å². The topological polar surface area (TPSA) is 101 Å². The van der Waals surface area contributed by atoms with Crippen molar-refractivity contribution in [1.82, 2.24) is 9.97 Å².